The van der Waals surface area contributed by atoms with Crippen LogP contribution in [0.4, 0.5) is 10.5 Å². The second-order valence-electron chi connectivity index (χ2n) is 3.65. The first-order valence-corrected chi connectivity index (χ1v) is 5.32. The highest BCUT2D eigenvalue weighted by atomic mass is 16.6. The van der Waals surface area contributed by atoms with Crippen LogP contribution in [0.5, 0.6) is 5.75 Å². The van der Waals surface area contributed by atoms with Gasteiger partial charge in [-0.1, -0.05) is 0 Å². The minimum atomic E-state index is -0.468. The molecule has 0 radical (unpaired) electrons. The predicted octanol–water partition coefficient (Wildman–Crippen LogP) is 1.68. The Bertz CT molecular complexity index is 417. The number of rotatable bonds is 4. The molecule has 0 aliphatic heterocycles. The summed E-state index contributed by atoms with van der Waals surface area (Å²) in [5, 5.41) is 2.65. The van der Waals surface area contributed by atoms with E-state index in [1.165, 1.54) is 18.9 Å². The SMILES string of the molecule is COC(=O)N(C)COc1ccc(NC(C)=O)cc1. The van der Waals surface area contributed by atoms with Crippen LogP contribution < -0.4 is 10.1 Å². The Balaban J connectivity index is 2.48. The van der Waals surface area contributed by atoms with Crippen LogP contribution >= 0.6 is 0 Å². The van der Waals surface area contributed by atoms with Crippen LogP contribution in [-0.2, 0) is 9.53 Å². The number of nitrogens with zero attached hydrogens (tertiary/aromatic N) is 1. The van der Waals surface area contributed by atoms with Gasteiger partial charge in [0.25, 0.3) is 0 Å². The van der Waals surface area contributed by atoms with Crippen molar-refractivity contribution in [2.24, 2.45) is 0 Å². The second kappa shape index (κ2) is 6.48. The molecule has 0 unspecified atom stereocenters. The van der Waals surface area contributed by atoms with Gasteiger partial charge in [0.1, 0.15) is 5.75 Å². The van der Waals surface area contributed by atoms with Crippen LogP contribution in [-0.4, -0.2) is 37.8 Å². The third-order valence-corrected chi connectivity index (χ3v) is 2.09. The van der Waals surface area contributed by atoms with E-state index in [2.05, 4.69) is 10.1 Å². The average molecular weight is 252 g/mol. The molecule has 6 nitrogen and oxygen atoms in total. The number of anilines is 1. The van der Waals surface area contributed by atoms with E-state index >= 15 is 0 Å². The van der Waals surface area contributed by atoms with E-state index in [1.807, 2.05) is 0 Å². The Morgan fingerprint density at radius 2 is 1.89 bits per heavy atom. The van der Waals surface area contributed by atoms with Crippen molar-refractivity contribution in [2.45, 2.75) is 6.92 Å². The molecule has 18 heavy (non-hydrogen) atoms. The highest BCUT2D eigenvalue weighted by molar-refractivity contribution is 5.88. The van der Waals surface area contributed by atoms with Gasteiger partial charge in [-0.2, -0.15) is 0 Å². The second-order valence-corrected chi connectivity index (χ2v) is 3.65. The fraction of sp³-hybridized carbons (Fsp3) is 0.333. The van der Waals surface area contributed by atoms with Crippen molar-refractivity contribution in [3.8, 4) is 5.75 Å². The lowest BCUT2D eigenvalue weighted by Crippen LogP contribution is -2.30. The lowest BCUT2D eigenvalue weighted by atomic mass is 10.3. The molecule has 0 aliphatic carbocycles. The molecule has 0 aromatic heterocycles. The number of amides is 2. The van der Waals surface area contributed by atoms with Gasteiger partial charge in [0.05, 0.1) is 7.11 Å². The third kappa shape index (κ3) is 4.32. The zero-order valence-electron chi connectivity index (χ0n) is 10.6. The fourth-order valence-electron chi connectivity index (χ4n) is 1.22. The summed E-state index contributed by atoms with van der Waals surface area (Å²) in [6.07, 6.45) is -0.468. The monoisotopic (exact) mass is 252 g/mol. The quantitative estimate of drug-likeness (QED) is 0.828. The summed E-state index contributed by atoms with van der Waals surface area (Å²) in [5.74, 6) is 0.467. The molecule has 98 valence electrons. The van der Waals surface area contributed by atoms with Crippen molar-refractivity contribution in [1.29, 1.82) is 0 Å². The van der Waals surface area contributed by atoms with Crippen molar-refractivity contribution in [3.63, 3.8) is 0 Å². The summed E-state index contributed by atoms with van der Waals surface area (Å²) < 4.78 is 9.89. The van der Waals surface area contributed by atoms with Gasteiger partial charge in [-0.3, -0.25) is 9.69 Å². The lowest BCUT2D eigenvalue weighted by molar-refractivity contribution is -0.114. The molecule has 6 heteroatoms. The van der Waals surface area contributed by atoms with Crippen LogP contribution in [0.3, 0.4) is 0 Å². The predicted molar refractivity (Wildman–Crippen MR) is 66.4 cm³/mol. The highest BCUT2D eigenvalue weighted by Gasteiger charge is 2.07. The summed E-state index contributed by atoms with van der Waals surface area (Å²) >= 11 is 0. The van der Waals surface area contributed by atoms with Crippen molar-refractivity contribution >= 4 is 17.7 Å². The molecule has 2 amide bonds. The minimum Gasteiger partial charge on any atom is -0.473 e. The van der Waals surface area contributed by atoms with Crippen LogP contribution in [0, 0.1) is 0 Å². The van der Waals surface area contributed by atoms with E-state index < -0.39 is 6.09 Å². The summed E-state index contributed by atoms with van der Waals surface area (Å²) in [4.78, 5) is 23.2. The lowest BCUT2D eigenvalue weighted by Gasteiger charge is -2.16. The largest absolute Gasteiger partial charge is 0.473 e. The zero-order valence-corrected chi connectivity index (χ0v) is 10.6. The normalized spacial score (nSPS) is 9.50. The number of methoxy groups -OCH3 is 1. The van der Waals surface area contributed by atoms with E-state index in [0.29, 0.717) is 11.4 Å². The zero-order chi connectivity index (χ0) is 13.5. The van der Waals surface area contributed by atoms with Gasteiger partial charge in [0.15, 0.2) is 6.73 Å². The van der Waals surface area contributed by atoms with Crippen LogP contribution in [0.15, 0.2) is 24.3 Å². The van der Waals surface area contributed by atoms with Crippen LogP contribution in [0.2, 0.25) is 0 Å². The Morgan fingerprint density at radius 1 is 1.28 bits per heavy atom. The maximum atomic E-state index is 11.1. The van der Waals surface area contributed by atoms with Gasteiger partial charge in [0, 0.05) is 19.7 Å². The van der Waals surface area contributed by atoms with Crippen LogP contribution in [0.25, 0.3) is 0 Å². The topological polar surface area (TPSA) is 67.9 Å². The summed E-state index contributed by atoms with van der Waals surface area (Å²) in [5.41, 5.74) is 0.691. The van der Waals surface area contributed by atoms with Gasteiger partial charge in [-0.15, -0.1) is 0 Å². The third-order valence-electron chi connectivity index (χ3n) is 2.09. The Kier molecular flexibility index (Phi) is 4.98. The van der Waals surface area contributed by atoms with Crippen LogP contribution in [0.1, 0.15) is 6.92 Å². The first kappa shape index (κ1) is 13.8. The number of nitrogens with one attached hydrogen (secondary N) is 1. The molecule has 0 spiro atoms. The first-order chi connectivity index (χ1) is 8.52. The van der Waals surface area contributed by atoms with E-state index in [1.54, 1.807) is 31.3 Å². The smallest absolute Gasteiger partial charge is 0.411 e. The average Bonchev–Trinajstić information content (AvgIpc) is 2.36. The van der Waals surface area contributed by atoms with E-state index in [-0.39, 0.29) is 12.6 Å². The van der Waals surface area contributed by atoms with Gasteiger partial charge in [-0.25, -0.2) is 4.79 Å². The molecular formula is C12H16N2O4. The molecule has 1 aromatic carbocycles. The highest BCUT2D eigenvalue weighted by Crippen LogP contribution is 2.15. The molecule has 0 saturated carbocycles. The Labute approximate surface area is 105 Å². The molecule has 0 aliphatic rings. The van der Waals surface area contributed by atoms with E-state index in [4.69, 9.17) is 4.74 Å². The maximum Gasteiger partial charge on any atom is 0.411 e. The van der Waals surface area contributed by atoms with Crippen molar-refractivity contribution in [1.82, 2.24) is 4.90 Å². The van der Waals surface area contributed by atoms with Gasteiger partial charge in [-0.05, 0) is 24.3 Å². The van der Waals surface area contributed by atoms with E-state index in [9.17, 15) is 9.59 Å². The number of carbonyl (C=O) groups is 2. The molecule has 0 saturated heterocycles. The maximum absolute atomic E-state index is 11.1. The van der Waals surface area contributed by atoms with Gasteiger partial charge < -0.3 is 14.8 Å². The number of ether oxygens (including phenoxy) is 2. The molecule has 1 N–H and O–H groups in total. The molecule has 0 fully saturated rings. The van der Waals surface area contributed by atoms with Crippen molar-refractivity contribution < 1.29 is 19.1 Å². The molecule has 0 heterocycles. The van der Waals surface area contributed by atoms with Crippen molar-refractivity contribution in [3.05, 3.63) is 24.3 Å². The summed E-state index contributed by atoms with van der Waals surface area (Å²) in [7, 11) is 2.87. The van der Waals surface area contributed by atoms with Crippen molar-refractivity contribution in [2.75, 3.05) is 26.2 Å². The Morgan fingerprint density at radius 3 is 2.39 bits per heavy atom. The summed E-state index contributed by atoms with van der Waals surface area (Å²) in [6, 6.07) is 6.84. The summed E-state index contributed by atoms with van der Waals surface area (Å²) in [6.45, 7) is 1.53. The molecule has 0 bridgehead atoms. The number of hydrogen-bond acceptors (Lipinski definition) is 4. The van der Waals surface area contributed by atoms with E-state index in [0.717, 1.165) is 0 Å². The standard InChI is InChI=1S/C12H16N2O4/c1-9(15)13-10-4-6-11(7-5-10)18-8-14(2)12(16)17-3/h4-7H,8H2,1-3H3,(H,13,15). The molecular weight excluding hydrogens is 236 g/mol. The van der Waals surface area contributed by atoms with Gasteiger partial charge >= 0.3 is 6.09 Å². The number of benzene rings is 1. The number of carbonyl (C=O) groups excluding carboxylic acids is 2. The first-order valence-electron chi connectivity index (χ1n) is 5.32. The fourth-order valence-corrected chi connectivity index (χ4v) is 1.22. The molecule has 0 atom stereocenters. The minimum absolute atomic E-state index is 0.0894. The van der Waals surface area contributed by atoms with Gasteiger partial charge in [0.2, 0.25) is 5.91 Å². The molecule has 1 aromatic rings. The Hall–Kier alpha value is -2.24. The molecule has 1 rings (SSSR count). The number of hydrogen-bond donors (Lipinski definition) is 1.